The molecule has 1 aliphatic rings. The molecule has 3 rings (SSSR count). The molecular weight excluding hydrogens is 260 g/mol. The first-order valence-electron chi connectivity index (χ1n) is 7.44. The molecule has 0 N–H and O–H groups in total. The first-order valence-corrected chi connectivity index (χ1v) is 7.44. The highest BCUT2D eigenvalue weighted by Gasteiger charge is 2.24. The molecule has 0 aromatic heterocycles. The average molecular weight is 280 g/mol. The summed E-state index contributed by atoms with van der Waals surface area (Å²) < 4.78 is 5.78. The molecule has 0 amide bonds. The molecule has 0 atom stereocenters. The third kappa shape index (κ3) is 2.99. The van der Waals surface area contributed by atoms with Gasteiger partial charge in [-0.3, -0.25) is 4.79 Å². The number of rotatable bonds is 4. The van der Waals surface area contributed by atoms with E-state index in [2.05, 4.69) is 19.1 Å². The number of hydrogen-bond donors (Lipinski definition) is 0. The van der Waals surface area contributed by atoms with Crippen molar-refractivity contribution in [1.82, 2.24) is 0 Å². The van der Waals surface area contributed by atoms with E-state index in [0.29, 0.717) is 11.7 Å². The number of ketones is 1. The van der Waals surface area contributed by atoms with E-state index in [1.165, 1.54) is 5.56 Å². The summed E-state index contributed by atoms with van der Waals surface area (Å²) in [7, 11) is 0. The lowest BCUT2D eigenvalue weighted by Crippen LogP contribution is -2.07. The summed E-state index contributed by atoms with van der Waals surface area (Å²) in [6.45, 7) is 6.05. The van der Waals surface area contributed by atoms with Gasteiger partial charge in [-0.1, -0.05) is 29.8 Å². The van der Waals surface area contributed by atoms with E-state index in [0.717, 1.165) is 35.3 Å². The van der Waals surface area contributed by atoms with Gasteiger partial charge in [0, 0.05) is 11.1 Å². The predicted octanol–water partition coefficient (Wildman–Crippen LogP) is 4.38. The third-order valence-corrected chi connectivity index (χ3v) is 3.83. The molecule has 1 aliphatic carbocycles. The lowest BCUT2D eigenvalue weighted by molar-refractivity contribution is 0.103. The van der Waals surface area contributed by atoms with Crippen molar-refractivity contribution in [3.05, 3.63) is 64.2 Å². The van der Waals surface area contributed by atoms with Crippen LogP contribution in [0.15, 0.2) is 36.4 Å². The van der Waals surface area contributed by atoms with Crippen molar-refractivity contribution in [2.75, 3.05) is 0 Å². The number of ether oxygens (including phenoxy) is 1. The van der Waals surface area contributed by atoms with E-state index in [4.69, 9.17) is 4.74 Å². The van der Waals surface area contributed by atoms with E-state index in [9.17, 15) is 4.79 Å². The van der Waals surface area contributed by atoms with Gasteiger partial charge in [0.15, 0.2) is 5.78 Å². The molecule has 0 bridgehead atoms. The molecule has 0 saturated heterocycles. The highest BCUT2D eigenvalue weighted by molar-refractivity contribution is 6.11. The zero-order valence-electron chi connectivity index (χ0n) is 12.8. The van der Waals surface area contributed by atoms with E-state index in [1.807, 2.05) is 38.1 Å². The number of benzene rings is 2. The lowest BCUT2D eigenvalue weighted by atomic mass is 9.93. The summed E-state index contributed by atoms with van der Waals surface area (Å²) in [5.41, 5.74) is 4.76. The molecule has 0 unspecified atom stereocenters. The second kappa shape index (κ2) is 5.36. The van der Waals surface area contributed by atoms with Gasteiger partial charge in [-0.25, -0.2) is 0 Å². The fraction of sp³-hybridized carbons (Fsp3) is 0.316. The van der Waals surface area contributed by atoms with Gasteiger partial charge in [-0.2, -0.15) is 0 Å². The SMILES string of the molecule is Cc1cc(C)c(C(=O)c2cccc(OC3CC3)c2)c(C)c1. The van der Waals surface area contributed by atoms with Crippen molar-refractivity contribution in [2.45, 2.75) is 39.7 Å². The van der Waals surface area contributed by atoms with Gasteiger partial charge in [0.05, 0.1) is 6.10 Å². The predicted molar refractivity (Wildman–Crippen MR) is 84.2 cm³/mol. The number of carbonyl (C=O) groups is 1. The van der Waals surface area contributed by atoms with Gasteiger partial charge < -0.3 is 4.74 Å². The molecule has 0 heterocycles. The molecule has 0 spiro atoms. The Morgan fingerprint density at radius 1 is 1.05 bits per heavy atom. The fourth-order valence-corrected chi connectivity index (χ4v) is 2.77. The Morgan fingerprint density at radius 2 is 1.71 bits per heavy atom. The molecule has 1 saturated carbocycles. The minimum absolute atomic E-state index is 0.0752. The third-order valence-electron chi connectivity index (χ3n) is 3.83. The average Bonchev–Trinajstić information content (AvgIpc) is 3.21. The quantitative estimate of drug-likeness (QED) is 0.777. The highest BCUT2D eigenvalue weighted by Crippen LogP contribution is 2.28. The van der Waals surface area contributed by atoms with Crippen LogP contribution in [0.1, 0.15) is 45.5 Å². The normalized spacial score (nSPS) is 14.0. The molecule has 2 aromatic carbocycles. The second-order valence-electron chi connectivity index (χ2n) is 5.95. The van der Waals surface area contributed by atoms with Gasteiger partial charge >= 0.3 is 0 Å². The van der Waals surface area contributed by atoms with Crippen LogP contribution in [0.25, 0.3) is 0 Å². The summed E-state index contributed by atoms with van der Waals surface area (Å²) in [6.07, 6.45) is 2.58. The van der Waals surface area contributed by atoms with Crippen molar-refractivity contribution >= 4 is 5.78 Å². The summed E-state index contributed by atoms with van der Waals surface area (Å²) >= 11 is 0. The maximum absolute atomic E-state index is 12.8. The lowest BCUT2D eigenvalue weighted by Gasteiger charge is -2.11. The minimum Gasteiger partial charge on any atom is -0.490 e. The summed E-state index contributed by atoms with van der Waals surface area (Å²) in [5.74, 6) is 0.872. The van der Waals surface area contributed by atoms with Gasteiger partial charge in [0.25, 0.3) is 0 Å². The summed E-state index contributed by atoms with van der Waals surface area (Å²) in [6, 6.07) is 11.7. The van der Waals surface area contributed by atoms with Crippen LogP contribution in [0.3, 0.4) is 0 Å². The largest absolute Gasteiger partial charge is 0.490 e. The molecule has 1 fully saturated rings. The Morgan fingerprint density at radius 3 is 2.33 bits per heavy atom. The number of hydrogen-bond acceptors (Lipinski definition) is 2. The van der Waals surface area contributed by atoms with E-state index in [-0.39, 0.29) is 5.78 Å². The van der Waals surface area contributed by atoms with Crippen LogP contribution < -0.4 is 4.74 Å². The van der Waals surface area contributed by atoms with Gasteiger partial charge in [-0.05, 0) is 56.9 Å². The van der Waals surface area contributed by atoms with Gasteiger partial charge in [-0.15, -0.1) is 0 Å². The molecule has 2 heteroatoms. The Balaban J connectivity index is 1.94. The maximum Gasteiger partial charge on any atom is 0.193 e. The van der Waals surface area contributed by atoms with Crippen LogP contribution in [0.4, 0.5) is 0 Å². The Labute approximate surface area is 125 Å². The van der Waals surface area contributed by atoms with Gasteiger partial charge in [0.1, 0.15) is 5.75 Å². The highest BCUT2D eigenvalue weighted by atomic mass is 16.5. The maximum atomic E-state index is 12.8. The second-order valence-corrected chi connectivity index (χ2v) is 5.95. The molecule has 108 valence electrons. The first-order chi connectivity index (χ1) is 10.0. The fourth-order valence-electron chi connectivity index (χ4n) is 2.77. The van der Waals surface area contributed by atoms with Crippen LogP contribution in [0.2, 0.25) is 0 Å². The van der Waals surface area contributed by atoms with Gasteiger partial charge in [0.2, 0.25) is 0 Å². The number of carbonyl (C=O) groups excluding carboxylic acids is 1. The van der Waals surface area contributed by atoms with Crippen molar-refractivity contribution in [3.8, 4) is 5.75 Å². The number of aryl methyl sites for hydroxylation is 3. The van der Waals surface area contributed by atoms with Crippen LogP contribution in [0, 0.1) is 20.8 Å². The van der Waals surface area contributed by atoms with Crippen molar-refractivity contribution in [1.29, 1.82) is 0 Å². The summed E-state index contributed by atoms with van der Waals surface area (Å²) in [5, 5.41) is 0. The Hall–Kier alpha value is -2.09. The van der Waals surface area contributed by atoms with Crippen LogP contribution in [0.5, 0.6) is 5.75 Å². The van der Waals surface area contributed by atoms with Crippen LogP contribution >= 0.6 is 0 Å². The first kappa shape index (κ1) is 13.9. The minimum atomic E-state index is 0.0752. The topological polar surface area (TPSA) is 26.3 Å². The van der Waals surface area contributed by atoms with Crippen LogP contribution in [-0.2, 0) is 0 Å². The van der Waals surface area contributed by atoms with E-state index < -0.39 is 0 Å². The smallest absolute Gasteiger partial charge is 0.193 e. The molecule has 2 aromatic rings. The molecule has 2 nitrogen and oxygen atoms in total. The van der Waals surface area contributed by atoms with Crippen LogP contribution in [-0.4, -0.2) is 11.9 Å². The molecular formula is C19H20O2. The zero-order chi connectivity index (χ0) is 15.0. The Bertz CT molecular complexity index is 673. The monoisotopic (exact) mass is 280 g/mol. The van der Waals surface area contributed by atoms with Crippen molar-refractivity contribution in [2.24, 2.45) is 0 Å². The molecule has 0 aliphatic heterocycles. The standard InChI is InChI=1S/C19H20O2/c1-12-9-13(2)18(14(3)10-12)19(20)15-5-4-6-17(11-15)21-16-7-8-16/h4-6,9-11,16H,7-8H2,1-3H3. The van der Waals surface area contributed by atoms with Crippen molar-refractivity contribution < 1.29 is 9.53 Å². The summed E-state index contributed by atoms with van der Waals surface area (Å²) in [4.78, 5) is 12.8. The van der Waals surface area contributed by atoms with E-state index in [1.54, 1.807) is 0 Å². The zero-order valence-corrected chi connectivity index (χ0v) is 12.8. The van der Waals surface area contributed by atoms with Crippen molar-refractivity contribution in [3.63, 3.8) is 0 Å². The molecule has 0 radical (unpaired) electrons. The van der Waals surface area contributed by atoms with E-state index >= 15 is 0 Å². The molecule has 21 heavy (non-hydrogen) atoms. The Kier molecular flexibility index (Phi) is 3.54.